The zero-order chi connectivity index (χ0) is 18.0. The Hall–Kier alpha value is -2.34. The zero-order valence-electron chi connectivity index (χ0n) is 14.1. The summed E-state index contributed by atoms with van der Waals surface area (Å²) < 4.78 is 6.03. The molecule has 0 bridgehead atoms. The van der Waals surface area contributed by atoms with Gasteiger partial charge in [-0.15, -0.1) is 0 Å². The molecule has 2 amide bonds. The van der Waals surface area contributed by atoms with Gasteiger partial charge in [0.05, 0.1) is 7.11 Å². The zero-order valence-corrected chi connectivity index (χ0v) is 15.7. The van der Waals surface area contributed by atoms with E-state index in [1.807, 2.05) is 24.3 Å². The van der Waals surface area contributed by atoms with E-state index in [9.17, 15) is 9.59 Å². The first kappa shape index (κ1) is 17.5. The van der Waals surface area contributed by atoms with E-state index in [-0.39, 0.29) is 11.8 Å². The van der Waals surface area contributed by atoms with Crippen LogP contribution in [0.5, 0.6) is 5.75 Å². The van der Waals surface area contributed by atoms with E-state index in [2.05, 4.69) is 15.9 Å². The second-order valence-electron chi connectivity index (χ2n) is 5.87. The molecule has 0 aliphatic carbocycles. The van der Waals surface area contributed by atoms with E-state index in [4.69, 9.17) is 4.74 Å². The molecule has 1 aliphatic rings. The van der Waals surface area contributed by atoms with Gasteiger partial charge in [-0.25, -0.2) is 0 Å². The highest BCUT2D eigenvalue weighted by Crippen LogP contribution is 2.25. The Kier molecular flexibility index (Phi) is 5.08. The van der Waals surface area contributed by atoms with Gasteiger partial charge in [0.15, 0.2) is 0 Å². The monoisotopic (exact) mass is 402 g/mol. The van der Waals surface area contributed by atoms with Crippen LogP contribution >= 0.6 is 15.9 Å². The summed E-state index contributed by atoms with van der Waals surface area (Å²) in [5.74, 6) is 0.476. The lowest BCUT2D eigenvalue weighted by molar-refractivity contribution is -0.124. The Labute approximate surface area is 155 Å². The number of anilines is 1. The second kappa shape index (κ2) is 7.27. The number of ether oxygens (including phenoxy) is 1. The molecule has 0 aromatic heterocycles. The minimum absolute atomic E-state index is 0.0776. The number of carbonyl (C=O) groups is 2. The minimum Gasteiger partial charge on any atom is -0.497 e. The number of hydrogen-bond acceptors (Lipinski definition) is 3. The van der Waals surface area contributed by atoms with Crippen LogP contribution < -0.4 is 9.64 Å². The van der Waals surface area contributed by atoms with Crippen molar-refractivity contribution in [3.8, 4) is 5.75 Å². The summed E-state index contributed by atoms with van der Waals surface area (Å²) in [6.07, 6.45) is 0. The highest BCUT2D eigenvalue weighted by molar-refractivity contribution is 9.10. The van der Waals surface area contributed by atoms with Gasteiger partial charge >= 0.3 is 0 Å². The van der Waals surface area contributed by atoms with Crippen LogP contribution in [0.2, 0.25) is 0 Å². The average Bonchev–Trinajstić information content (AvgIpc) is 2.63. The van der Waals surface area contributed by atoms with E-state index < -0.39 is 6.04 Å². The average molecular weight is 403 g/mol. The van der Waals surface area contributed by atoms with E-state index in [0.717, 1.165) is 10.2 Å². The van der Waals surface area contributed by atoms with E-state index in [1.54, 1.807) is 48.1 Å². The van der Waals surface area contributed by atoms with E-state index >= 15 is 0 Å². The lowest BCUT2D eigenvalue weighted by atomic mass is 10.1. The number of hydrogen-bond donors (Lipinski definition) is 0. The number of rotatable bonds is 3. The standard InChI is InChI=1S/C19H19BrN2O3/c1-13-18(23)22(16-5-3-4-15(20)12-16)11-10-21(13)19(24)14-6-8-17(25-2)9-7-14/h3-9,12-13H,10-11H2,1-2H3. The van der Waals surface area contributed by atoms with Crippen LogP contribution in [0.4, 0.5) is 5.69 Å². The molecule has 3 rings (SSSR count). The van der Waals surface area contributed by atoms with Crippen molar-refractivity contribution in [2.75, 3.05) is 25.1 Å². The fourth-order valence-corrected chi connectivity index (χ4v) is 3.33. The van der Waals surface area contributed by atoms with Gasteiger partial charge in [0.1, 0.15) is 11.8 Å². The SMILES string of the molecule is COc1ccc(C(=O)N2CCN(c3cccc(Br)c3)C(=O)C2C)cc1. The molecule has 0 saturated carbocycles. The lowest BCUT2D eigenvalue weighted by Crippen LogP contribution is -2.57. The molecule has 0 N–H and O–H groups in total. The summed E-state index contributed by atoms with van der Waals surface area (Å²) in [5.41, 5.74) is 1.39. The quantitative estimate of drug-likeness (QED) is 0.790. The molecule has 1 atom stereocenters. The molecular formula is C19H19BrN2O3. The maximum atomic E-state index is 12.8. The van der Waals surface area contributed by atoms with Crippen molar-refractivity contribution in [3.05, 3.63) is 58.6 Å². The normalized spacial score (nSPS) is 17.6. The third-order valence-electron chi connectivity index (χ3n) is 4.37. The van der Waals surface area contributed by atoms with Gasteiger partial charge in [-0.3, -0.25) is 9.59 Å². The molecule has 5 nitrogen and oxygen atoms in total. The van der Waals surface area contributed by atoms with Crippen LogP contribution in [0, 0.1) is 0 Å². The van der Waals surface area contributed by atoms with Crippen molar-refractivity contribution in [3.63, 3.8) is 0 Å². The Morgan fingerprint density at radius 3 is 2.52 bits per heavy atom. The molecule has 1 unspecified atom stereocenters. The van der Waals surface area contributed by atoms with Crippen LogP contribution in [0.25, 0.3) is 0 Å². The fraction of sp³-hybridized carbons (Fsp3) is 0.263. The molecule has 2 aromatic carbocycles. The third-order valence-corrected chi connectivity index (χ3v) is 4.87. The molecule has 25 heavy (non-hydrogen) atoms. The van der Waals surface area contributed by atoms with Gasteiger partial charge in [-0.05, 0) is 49.4 Å². The first-order valence-corrected chi connectivity index (χ1v) is 8.82. The molecule has 0 radical (unpaired) electrons. The number of piperazine rings is 1. The first-order chi connectivity index (χ1) is 12.0. The topological polar surface area (TPSA) is 49.9 Å². The Morgan fingerprint density at radius 1 is 1.16 bits per heavy atom. The minimum atomic E-state index is -0.512. The second-order valence-corrected chi connectivity index (χ2v) is 6.79. The smallest absolute Gasteiger partial charge is 0.254 e. The molecular weight excluding hydrogens is 384 g/mol. The maximum absolute atomic E-state index is 12.8. The number of methoxy groups -OCH3 is 1. The van der Waals surface area contributed by atoms with Gasteiger partial charge in [0.2, 0.25) is 5.91 Å². The van der Waals surface area contributed by atoms with Crippen molar-refractivity contribution < 1.29 is 14.3 Å². The lowest BCUT2D eigenvalue weighted by Gasteiger charge is -2.39. The van der Waals surface area contributed by atoms with Crippen LogP contribution in [0.1, 0.15) is 17.3 Å². The number of halogens is 1. The molecule has 130 valence electrons. The van der Waals surface area contributed by atoms with Crippen LogP contribution in [0.3, 0.4) is 0 Å². The van der Waals surface area contributed by atoms with Gasteiger partial charge in [0, 0.05) is 28.8 Å². The summed E-state index contributed by atoms with van der Waals surface area (Å²) >= 11 is 3.43. The fourth-order valence-electron chi connectivity index (χ4n) is 2.95. The number of amides is 2. The van der Waals surface area contributed by atoms with Gasteiger partial charge < -0.3 is 14.5 Å². The highest BCUT2D eigenvalue weighted by Gasteiger charge is 2.35. The predicted molar refractivity (Wildman–Crippen MR) is 100.0 cm³/mol. The van der Waals surface area contributed by atoms with Crippen LogP contribution in [-0.4, -0.2) is 43.0 Å². The summed E-state index contributed by atoms with van der Waals surface area (Å²) in [4.78, 5) is 28.9. The Balaban J connectivity index is 1.77. The number of nitrogens with zero attached hydrogens (tertiary/aromatic N) is 2. The van der Waals surface area contributed by atoms with E-state index in [0.29, 0.717) is 24.4 Å². The Bertz CT molecular complexity index is 792. The van der Waals surface area contributed by atoms with Crippen LogP contribution in [-0.2, 0) is 4.79 Å². The number of carbonyl (C=O) groups excluding carboxylic acids is 2. The molecule has 1 fully saturated rings. The molecule has 1 saturated heterocycles. The Morgan fingerprint density at radius 2 is 1.88 bits per heavy atom. The maximum Gasteiger partial charge on any atom is 0.254 e. The molecule has 6 heteroatoms. The van der Waals surface area contributed by atoms with Crippen molar-refractivity contribution >= 4 is 33.4 Å². The summed E-state index contributed by atoms with van der Waals surface area (Å²) in [5, 5.41) is 0. The molecule has 2 aromatic rings. The summed E-state index contributed by atoms with van der Waals surface area (Å²) in [6.45, 7) is 2.74. The van der Waals surface area contributed by atoms with Crippen molar-refractivity contribution in [1.82, 2.24) is 4.90 Å². The van der Waals surface area contributed by atoms with E-state index in [1.165, 1.54) is 0 Å². The summed E-state index contributed by atoms with van der Waals surface area (Å²) in [7, 11) is 1.58. The van der Waals surface area contributed by atoms with Crippen molar-refractivity contribution in [2.45, 2.75) is 13.0 Å². The summed E-state index contributed by atoms with van der Waals surface area (Å²) in [6, 6.07) is 14.0. The number of benzene rings is 2. The molecule has 0 spiro atoms. The van der Waals surface area contributed by atoms with Gasteiger partial charge in [0.25, 0.3) is 5.91 Å². The first-order valence-electron chi connectivity index (χ1n) is 8.03. The van der Waals surface area contributed by atoms with Crippen LogP contribution in [0.15, 0.2) is 53.0 Å². The molecule has 1 heterocycles. The highest BCUT2D eigenvalue weighted by atomic mass is 79.9. The van der Waals surface area contributed by atoms with Gasteiger partial charge in [-0.1, -0.05) is 22.0 Å². The largest absolute Gasteiger partial charge is 0.497 e. The van der Waals surface area contributed by atoms with Crippen molar-refractivity contribution in [1.29, 1.82) is 0 Å². The third kappa shape index (κ3) is 3.54. The predicted octanol–water partition coefficient (Wildman–Crippen LogP) is 3.34. The molecule has 1 aliphatic heterocycles. The van der Waals surface area contributed by atoms with Crippen molar-refractivity contribution in [2.24, 2.45) is 0 Å². The van der Waals surface area contributed by atoms with Gasteiger partial charge in [-0.2, -0.15) is 0 Å².